The first-order chi connectivity index (χ1) is 8.40. The van der Waals surface area contributed by atoms with Crippen LogP contribution < -0.4 is 10.7 Å². The number of nitrogens with zero attached hydrogens (tertiary/aromatic N) is 1. The third-order valence-corrected chi connectivity index (χ3v) is 2.56. The Kier molecular flexibility index (Phi) is 8.32. The number of amides is 2. The Morgan fingerprint density at radius 2 is 1.83 bits per heavy atom. The first kappa shape index (κ1) is 16.9. The molecule has 0 bridgehead atoms. The smallest absolute Gasteiger partial charge is 0.231 e. The highest BCUT2D eigenvalue weighted by Crippen LogP contribution is 2.04. The Morgan fingerprint density at radius 1 is 1.22 bits per heavy atom. The number of carbonyl (C=O) groups is 2. The summed E-state index contributed by atoms with van der Waals surface area (Å²) in [7, 11) is 0. The molecule has 0 aromatic rings. The van der Waals surface area contributed by atoms with Gasteiger partial charge in [-0.3, -0.25) is 15.0 Å². The molecule has 6 heteroatoms. The molecular weight excluding hydrogens is 234 g/mol. The van der Waals surface area contributed by atoms with Crippen LogP contribution in [-0.4, -0.2) is 47.2 Å². The average molecular weight is 259 g/mol. The molecule has 0 fully saturated rings. The molecule has 2 unspecified atom stereocenters. The van der Waals surface area contributed by atoms with E-state index in [1.807, 2.05) is 13.8 Å². The van der Waals surface area contributed by atoms with E-state index in [1.165, 1.54) is 13.8 Å². The van der Waals surface area contributed by atoms with Crippen LogP contribution in [0.4, 0.5) is 0 Å². The van der Waals surface area contributed by atoms with Gasteiger partial charge < -0.3 is 10.4 Å². The summed E-state index contributed by atoms with van der Waals surface area (Å²) in [6.45, 7) is 7.62. The Bertz CT molecular complexity index is 271. The average Bonchev–Trinajstić information content (AvgIpc) is 2.26. The van der Waals surface area contributed by atoms with E-state index in [0.29, 0.717) is 19.5 Å². The summed E-state index contributed by atoms with van der Waals surface area (Å²) in [5.41, 5.74) is 2.63. The number of nitrogens with one attached hydrogen (secondary N) is 2. The van der Waals surface area contributed by atoms with E-state index in [9.17, 15) is 14.7 Å². The molecule has 0 spiro atoms. The lowest BCUT2D eigenvalue weighted by molar-refractivity contribution is -0.125. The van der Waals surface area contributed by atoms with E-state index in [0.717, 1.165) is 6.42 Å². The minimum absolute atomic E-state index is 0.157. The van der Waals surface area contributed by atoms with Crippen LogP contribution in [0.2, 0.25) is 0 Å². The van der Waals surface area contributed by atoms with Gasteiger partial charge in [0.1, 0.15) is 0 Å². The molecule has 6 nitrogen and oxygen atoms in total. The zero-order valence-corrected chi connectivity index (χ0v) is 11.7. The van der Waals surface area contributed by atoms with E-state index in [1.54, 1.807) is 5.01 Å². The van der Waals surface area contributed by atoms with Crippen LogP contribution in [0.3, 0.4) is 0 Å². The molecule has 18 heavy (non-hydrogen) atoms. The summed E-state index contributed by atoms with van der Waals surface area (Å²) in [5.74, 6) is -0.328. The predicted octanol–water partition coefficient (Wildman–Crippen LogP) is 0.0251. The van der Waals surface area contributed by atoms with Gasteiger partial charge in [-0.25, -0.2) is 5.01 Å². The number of hydrogen-bond donors (Lipinski definition) is 3. The van der Waals surface area contributed by atoms with Crippen LogP contribution in [0.1, 0.15) is 40.5 Å². The Balaban J connectivity index is 4.40. The van der Waals surface area contributed by atoms with E-state index < -0.39 is 6.10 Å². The van der Waals surface area contributed by atoms with Gasteiger partial charge in [0, 0.05) is 26.9 Å². The molecule has 0 aliphatic heterocycles. The zero-order valence-electron chi connectivity index (χ0n) is 11.7. The van der Waals surface area contributed by atoms with E-state index in [-0.39, 0.29) is 17.9 Å². The van der Waals surface area contributed by atoms with E-state index in [4.69, 9.17) is 0 Å². The number of likely N-dealkylation sites (N-methyl/N-ethyl adjacent to an activating group) is 1. The number of aliphatic hydroxyl groups is 1. The summed E-state index contributed by atoms with van der Waals surface area (Å²) in [6.07, 6.45) is 0.868. The van der Waals surface area contributed by atoms with Crippen molar-refractivity contribution in [2.75, 3.05) is 13.1 Å². The first-order valence-electron chi connectivity index (χ1n) is 6.38. The van der Waals surface area contributed by atoms with Crippen LogP contribution >= 0.6 is 0 Å². The summed E-state index contributed by atoms with van der Waals surface area (Å²) < 4.78 is 0. The van der Waals surface area contributed by atoms with Gasteiger partial charge in [0.15, 0.2) is 0 Å². The molecule has 0 radical (unpaired) electrons. The molecule has 0 aliphatic carbocycles. The summed E-state index contributed by atoms with van der Waals surface area (Å²) in [4.78, 5) is 22.0. The molecule has 2 atom stereocenters. The maximum Gasteiger partial charge on any atom is 0.231 e. The number of hydrogen-bond acceptors (Lipinski definition) is 4. The van der Waals surface area contributed by atoms with Crippen molar-refractivity contribution >= 4 is 11.8 Å². The van der Waals surface area contributed by atoms with Crippen molar-refractivity contribution in [1.82, 2.24) is 15.8 Å². The van der Waals surface area contributed by atoms with Crippen molar-refractivity contribution in [2.45, 2.75) is 52.7 Å². The highest BCUT2D eigenvalue weighted by atomic mass is 16.3. The van der Waals surface area contributed by atoms with Crippen molar-refractivity contribution in [3.05, 3.63) is 0 Å². The molecule has 0 saturated heterocycles. The Hall–Kier alpha value is -1.14. The molecule has 0 aromatic carbocycles. The third-order valence-electron chi connectivity index (χ3n) is 2.56. The molecular formula is C12H25N3O3. The topological polar surface area (TPSA) is 81.7 Å². The van der Waals surface area contributed by atoms with Crippen molar-refractivity contribution in [1.29, 1.82) is 0 Å². The maximum absolute atomic E-state index is 11.1. The fourth-order valence-corrected chi connectivity index (χ4v) is 1.76. The summed E-state index contributed by atoms with van der Waals surface area (Å²) in [6, 6.07) is -0.282. The van der Waals surface area contributed by atoms with Crippen LogP contribution in [0, 0.1) is 0 Å². The predicted molar refractivity (Wildman–Crippen MR) is 69.6 cm³/mol. The van der Waals surface area contributed by atoms with Gasteiger partial charge in [-0.2, -0.15) is 0 Å². The Morgan fingerprint density at radius 3 is 2.22 bits per heavy atom. The van der Waals surface area contributed by atoms with Gasteiger partial charge in [0.05, 0.1) is 12.1 Å². The van der Waals surface area contributed by atoms with Gasteiger partial charge in [0.25, 0.3) is 0 Å². The number of rotatable bonds is 8. The lowest BCUT2D eigenvalue weighted by Gasteiger charge is -2.28. The van der Waals surface area contributed by atoms with Gasteiger partial charge in [-0.05, 0) is 6.42 Å². The molecule has 0 aromatic heterocycles. The first-order valence-corrected chi connectivity index (χ1v) is 6.38. The van der Waals surface area contributed by atoms with Crippen molar-refractivity contribution in [3.63, 3.8) is 0 Å². The second-order valence-corrected chi connectivity index (χ2v) is 4.37. The minimum atomic E-state index is -0.708. The highest BCUT2D eigenvalue weighted by Gasteiger charge is 2.21. The fourth-order valence-electron chi connectivity index (χ4n) is 1.76. The molecule has 106 valence electrons. The molecule has 0 heterocycles. The summed E-state index contributed by atoms with van der Waals surface area (Å²) >= 11 is 0. The van der Waals surface area contributed by atoms with Crippen LogP contribution in [-0.2, 0) is 9.59 Å². The van der Waals surface area contributed by atoms with Gasteiger partial charge in [-0.1, -0.05) is 20.3 Å². The minimum Gasteiger partial charge on any atom is -0.390 e. The van der Waals surface area contributed by atoms with Gasteiger partial charge >= 0.3 is 0 Å². The van der Waals surface area contributed by atoms with E-state index >= 15 is 0 Å². The second kappa shape index (κ2) is 8.88. The molecule has 3 N–H and O–H groups in total. The number of hydrazine groups is 1. The monoisotopic (exact) mass is 259 g/mol. The van der Waals surface area contributed by atoms with Gasteiger partial charge in [0.2, 0.25) is 11.8 Å². The zero-order chi connectivity index (χ0) is 14.1. The molecule has 0 aliphatic rings. The largest absolute Gasteiger partial charge is 0.390 e. The number of carbonyl (C=O) groups excluding carboxylic acids is 2. The lowest BCUT2D eigenvalue weighted by Crippen LogP contribution is -2.51. The molecule has 0 rings (SSSR count). The quantitative estimate of drug-likeness (QED) is 0.537. The maximum atomic E-state index is 11.1. The van der Waals surface area contributed by atoms with E-state index in [2.05, 4.69) is 10.7 Å². The second-order valence-electron chi connectivity index (χ2n) is 4.37. The van der Waals surface area contributed by atoms with Crippen LogP contribution in [0.15, 0.2) is 0 Å². The summed E-state index contributed by atoms with van der Waals surface area (Å²) in [5, 5.41) is 14.5. The van der Waals surface area contributed by atoms with Gasteiger partial charge in [-0.15, -0.1) is 0 Å². The SMILES string of the molecule is CCCC(NC(C)=O)C(O)CN(CC)NC(C)=O. The standard InChI is InChI=1S/C12H25N3O3/c1-5-7-11(13-9(3)16)12(18)8-15(6-2)14-10(4)17/h11-12,18H,5-8H2,1-4H3,(H,13,16)(H,14,17). The molecule has 0 saturated carbocycles. The molecule has 2 amide bonds. The fraction of sp³-hybridized carbons (Fsp3) is 0.833. The van der Waals surface area contributed by atoms with Crippen molar-refractivity contribution < 1.29 is 14.7 Å². The normalized spacial score (nSPS) is 14.1. The van der Waals surface area contributed by atoms with Crippen LogP contribution in [0.25, 0.3) is 0 Å². The lowest BCUT2D eigenvalue weighted by atomic mass is 10.1. The number of aliphatic hydroxyl groups excluding tert-OH is 1. The van der Waals surface area contributed by atoms with Crippen molar-refractivity contribution in [3.8, 4) is 0 Å². The van der Waals surface area contributed by atoms with Crippen LogP contribution in [0.5, 0.6) is 0 Å². The highest BCUT2D eigenvalue weighted by molar-refractivity contribution is 5.73. The third kappa shape index (κ3) is 7.24. The Labute approximate surface area is 109 Å². The van der Waals surface area contributed by atoms with Crippen molar-refractivity contribution in [2.24, 2.45) is 0 Å².